The van der Waals surface area contributed by atoms with Crippen LogP contribution in [0.15, 0.2) is 42.5 Å². The molecule has 6 heteroatoms. The first-order valence-electron chi connectivity index (χ1n) is 6.03. The Labute approximate surface area is 125 Å². The Morgan fingerprint density at radius 3 is 2.57 bits per heavy atom. The zero-order valence-corrected chi connectivity index (χ0v) is 11.5. The summed E-state index contributed by atoms with van der Waals surface area (Å²) in [6, 6.07) is 9.91. The van der Waals surface area contributed by atoms with E-state index >= 15 is 0 Å². The summed E-state index contributed by atoms with van der Waals surface area (Å²) in [7, 11) is 0. The molecule has 4 nitrogen and oxygen atoms in total. The van der Waals surface area contributed by atoms with Gasteiger partial charge in [0, 0.05) is 12.1 Å². The highest BCUT2D eigenvalue weighted by atomic mass is 35.5. The van der Waals surface area contributed by atoms with Crippen molar-refractivity contribution in [3.05, 3.63) is 70.0 Å². The first-order valence-corrected chi connectivity index (χ1v) is 6.40. The molecule has 0 aliphatic heterocycles. The van der Waals surface area contributed by atoms with E-state index in [1.54, 1.807) is 12.1 Å². The second-order valence-electron chi connectivity index (χ2n) is 4.32. The summed E-state index contributed by atoms with van der Waals surface area (Å²) in [5.74, 6) is -2.05. The smallest absolute Gasteiger partial charge is 0.335 e. The van der Waals surface area contributed by atoms with Gasteiger partial charge in [0.25, 0.3) is 5.91 Å². The van der Waals surface area contributed by atoms with Crippen LogP contribution in [0.25, 0.3) is 0 Å². The van der Waals surface area contributed by atoms with Crippen LogP contribution in [0.5, 0.6) is 0 Å². The third kappa shape index (κ3) is 3.79. The Morgan fingerprint density at radius 2 is 1.90 bits per heavy atom. The minimum Gasteiger partial charge on any atom is -0.478 e. The van der Waals surface area contributed by atoms with E-state index in [1.807, 2.05) is 0 Å². The lowest BCUT2D eigenvalue weighted by atomic mass is 10.1. The van der Waals surface area contributed by atoms with Crippen LogP contribution in [0.3, 0.4) is 0 Å². The minimum atomic E-state index is -1.03. The molecule has 21 heavy (non-hydrogen) atoms. The van der Waals surface area contributed by atoms with Gasteiger partial charge in [-0.1, -0.05) is 23.7 Å². The van der Waals surface area contributed by atoms with Gasteiger partial charge in [0.15, 0.2) is 0 Å². The molecular weight excluding hydrogens is 297 g/mol. The van der Waals surface area contributed by atoms with Crippen LogP contribution in [0.2, 0.25) is 5.02 Å². The Balaban J connectivity index is 2.05. The Kier molecular flexibility index (Phi) is 4.55. The molecule has 0 atom stereocenters. The van der Waals surface area contributed by atoms with Gasteiger partial charge in [0.1, 0.15) is 5.82 Å². The quantitative estimate of drug-likeness (QED) is 0.912. The van der Waals surface area contributed by atoms with E-state index in [0.717, 1.165) is 6.07 Å². The summed E-state index contributed by atoms with van der Waals surface area (Å²) in [6.45, 7) is 0.162. The van der Waals surface area contributed by atoms with Gasteiger partial charge in [-0.25, -0.2) is 9.18 Å². The molecule has 0 saturated heterocycles. The van der Waals surface area contributed by atoms with Crippen molar-refractivity contribution in [1.29, 1.82) is 0 Å². The van der Waals surface area contributed by atoms with Gasteiger partial charge in [-0.15, -0.1) is 0 Å². The summed E-state index contributed by atoms with van der Waals surface area (Å²) in [5.41, 5.74) is 1.03. The largest absolute Gasteiger partial charge is 0.478 e. The van der Waals surface area contributed by atoms with Gasteiger partial charge in [-0.05, 0) is 35.9 Å². The van der Waals surface area contributed by atoms with Gasteiger partial charge in [-0.3, -0.25) is 4.79 Å². The number of amides is 1. The number of nitrogens with one attached hydrogen (secondary N) is 1. The summed E-state index contributed by atoms with van der Waals surface area (Å²) in [5, 5.41) is 11.4. The van der Waals surface area contributed by atoms with Gasteiger partial charge in [0.2, 0.25) is 0 Å². The van der Waals surface area contributed by atoms with E-state index in [4.69, 9.17) is 16.7 Å². The normalized spacial score (nSPS) is 10.2. The van der Waals surface area contributed by atoms with Crippen LogP contribution in [0.1, 0.15) is 26.3 Å². The summed E-state index contributed by atoms with van der Waals surface area (Å²) in [6.07, 6.45) is 0. The summed E-state index contributed by atoms with van der Waals surface area (Å²) in [4.78, 5) is 22.7. The molecule has 0 spiro atoms. The van der Waals surface area contributed by atoms with E-state index in [9.17, 15) is 14.0 Å². The van der Waals surface area contributed by atoms with Crippen molar-refractivity contribution >= 4 is 23.5 Å². The van der Waals surface area contributed by atoms with E-state index in [0.29, 0.717) is 5.56 Å². The maximum absolute atomic E-state index is 13.0. The molecule has 2 rings (SSSR count). The molecule has 108 valence electrons. The standard InChI is InChI=1S/C15H11ClFNO3/c16-12-7-10(4-5-13(12)17)14(19)18-8-9-2-1-3-11(6-9)15(20)21/h1-7H,8H2,(H,18,19)(H,20,21). The molecule has 0 heterocycles. The zero-order chi connectivity index (χ0) is 15.4. The number of hydrogen-bond acceptors (Lipinski definition) is 2. The monoisotopic (exact) mass is 307 g/mol. The number of halogens is 2. The number of carbonyl (C=O) groups excluding carboxylic acids is 1. The number of hydrogen-bond donors (Lipinski definition) is 2. The molecular formula is C15H11ClFNO3. The van der Waals surface area contributed by atoms with Crippen molar-refractivity contribution in [1.82, 2.24) is 5.32 Å². The molecule has 2 aromatic carbocycles. The van der Waals surface area contributed by atoms with Gasteiger partial charge in [0.05, 0.1) is 10.6 Å². The molecule has 0 aromatic heterocycles. The van der Waals surface area contributed by atoms with Crippen LogP contribution < -0.4 is 5.32 Å². The Bertz CT molecular complexity index is 703. The molecule has 0 aliphatic carbocycles. The van der Waals surface area contributed by atoms with Gasteiger partial charge in [-0.2, -0.15) is 0 Å². The maximum atomic E-state index is 13.0. The Morgan fingerprint density at radius 1 is 1.14 bits per heavy atom. The predicted molar refractivity (Wildman–Crippen MR) is 76.0 cm³/mol. The third-order valence-corrected chi connectivity index (χ3v) is 3.10. The van der Waals surface area contributed by atoms with Crippen molar-refractivity contribution < 1.29 is 19.1 Å². The average molecular weight is 308 g/mol. The maximum Gasteiger partial charge on any atom is 0.335 e. The molecule has 0 aliphatic rings. The molecule has 0 fully saturated rings. The van der Waals surface area contributed by atoms with E-state index in [-0.39, 0.29) is 22.7 Å². The average Bonchev–Trinajstić information content (AvgIpc) is 2.48. The summed E-state index contributed by atoms with van der Waals surface area (Å²) < 4.78 is 13.0. The predicted octanol–water partition coefficient (Wildman–Crippen LogP) is 3.11. The SMILES string of the molecule is O=C(O)c1cccc(CNC(=O)c2ccc(F)c(Cl)c2)c1. The molecule has 0 radical (unpaired) electrons. The molecule has 1 amide bonds. The lowest BCUT2D eigenvalue weighted by Gasteiger charge is -2.07. The Hall–Kier alpha value is -2.40. The van der Waals surface area contributed by atoms with Crippen LogP contribution in [0.4, 0.5) is 4.39 Å². The van der Waals surface area contributed by atoms with E-state index in [2.05, 4.69) is 5.32 Å². The lowest BCUT2D eigenvalue weighted by Crippen LogP contribution is -2.23. The number of rotatable bonds is 4. The van der Waals surface area contributed by atoms with Crippen molar-refractivity contribution in [2.24, 2.45) is 0 Å². The fraction of sp³-hybridized carbons (Fsp3) is 0.0667. The van der Waals surface area contributed by atoms with Gasteiger partial charge < -0.3 is 10.4 Å². The molecule has 0 unspecified atom stereocenters. The number of carboxylic acid groups (broad SMARTS) is 1. The first kappa shape index (κ1) is 15.0. The number of carbonyl (C=O) groups is 2. The van der Waals surface area contributed by atoms with E-state index < -0.39 is 17.7 Å². The summed E-state index contributed by atoms with van der Waals surface area (Å²) >= 11 is 5.61. The van der Waals surface area contributed by atoms with Crippen LogP contribution in [-0.2, 0) is 6.54 Å². The van der Waals surface area contributed by atoms with Crippen molar-refractivity contribution in [3.8, 4) is 0 Å². The van der Waals surface area contributed by atoms with Crippen molar-refractivity contribution in [2.75, 3.05) is 0 Å². The second-order valence-corrected chi connectivity index (χ2v) is 4.72. The highest BCUT2D eigenvalue weighted by Gasteiger charge is 2.09. The first-order chi connectivity index (χ1) is 9.97. The molecule has 2 aromatic rings. The number of carboxylic acids is 1. The van der Waals surface area contributed by atoms with Crippen molar-refractivity contribution in [2.45, 2.75) is 6.54 Å². The second kappa shape index (κ2) is 6.37. The topological polar surface area (TPSA) is 66.4 Å². The molecule has 0 bridgehead atoms. The third-order valence-electron chi connectivity index (χ3n) is 2.81. The van der Waals surface area contributed by atoms with Gasteiger partial charge >= 0.3 is 5.97 Å². The molecule has 0 saturated carbocycles. The van der Waals surface area contributed by atoms with Crippen LogP contribution in [0, 0.1) is 5.82 Å². The number of aromatic carboxylic acids is 1. The van der Waals surface area contributed by atoms with Crippen LogP contribution in [-0.4, -0.2) is 17.0 Å². The highest BCUT2D eigenvalue weighted by Crippen LogP contribution is 2.16. The van der Waals surface area contributed by atoms with E-state index in [1.165, 1.54) is 24.3 Å². The fourth-order valence-corrected chi connectivity index (χ4v) is 1.92. The molecule has 2 N–H and O–H groups in total. The fourth-order valence-electron chi connectivity index (χ4n) is 1.74. The van der Waals surface area contributed by atoms with Crippen LogP contribution >= 0.6 is 11.6 Å². The van der Waals surface area contributed by atoms with Crippen molar-refractivity contribution in [3.63, 3.8) is 0 Å². The zero-order valence-electron chi connectivity index (χ0n) is 10.8. The number of benzene rings is 2. The minimum absolute atomic E-state index is 0.129. The highest BCUT2D eigenvalue weighted by molar-refractivity contribution is 6.31. The lowest BCUT2D eigenvalue weighted by molar-refractivity contribution is 0.0696.